The van der Waals surface area contributed by atoms with Crippen LogP contribution in [0.25, 0.3) is 0 Å². The Bertz CT molecular complexity index is 677. The van der Waals surface area contributed by atoms with E-state index in [0.29, 0.717) is 24.4 Å². The Morgan fingerprint density at radius 3 is 2.38 bits per heavy atom. The molecule has 3 aliphatic rings. The van der Waals surface area contributed by atoms with Gasteiger partial charge in [-0.3, -0.25) is 9.59 Å². The van der Waals surface area contributed by atoms with E-state index in [0.717, 1.165) is 77.0 Å². The van der Waals surface area contributed by atoms with E-state index in [4.69, 9.17) is 9.47 Å². The predicted molar refractivity (Wildman–Crippen MR) is 125 cm³/mol. The molecule has 3 aliphatic carbocycles. The van der Waals surface area contributed by atoms with Crippen molar-refractivity contribution in [2.45, 2.75) is 123 Å². The van der Waals surface area contributed by atoms with Crippen LogP contribution < -0.4 is 0 Å². The van der Waals surface area contributed by atoms with Gasteiger partial charge in [-0.05, 0) is 81.0 Å². The summed E-state index contributed by atoms with van der Waals surface area (Å²) < 4.78 is 11.0. The largest absolute Gasteiger partial charge is 0.466 e. The molecule has 32 heavy (non-hydrogen) atoms. The van der Waals surface area contributed by atoms with Crippen molar-refractivity contribution in [3.63, 3.8) is 0 Å². The number of carbonyl (C=O) groups is 2. The Kier molecular flexibility index (Phi) is 8.00. The summed E-state index contributed by atoms with van der Waals surface area (Å²) in [6.45, 7) is 10.4. The molecule has 5 nitrogen and oxygen atoms in total. The van der Waals surface area contributed by atoms with E-state index < -0.39 is 5.60 Å². The van der Waals surface area contributed by atoms with E-state index in [2.05, 4.69) is 20.8 Å². The summed E-state index contributed by atoms with van der Waals surface area (Å²) in [7, 11) is 0. The highest BCUT2D eigenvalue weighted by Crippen LogP contribution is 2.65. The van der Waals surface area contributed by atoms with Gasteiger partial charge in [-0.1, -0.05) is 40.0 Å². The molecular weight excluding hydrogens is 404 g/mol. The Morgan fingerprint density at radius 1 is 0.969 bits per heavy atom. The second kappa shape index (κ2) is 10.0. The van der Waals surface area contributed by atoms with Crippen LogP contribution in [0.4, 0.5) is 0 Å². The zero-order valence-electron chi connectivity index (χ0n) is 21.1. The number of rotatable bonds is 9. The molecule has 0 aromatic carbocycles. The summed E-state index contributed by atoms with van der Waals surface area (Å²) in [5.41, 5.74) is -0.553. The molecule has 7 atom stereocenters. The van der Waals surface area contributed by atoms with Gasteiger partial charge in [0, 0.05) is 19.3 Å². The highest BCUT2D eigenvalue weighted by molar-refractivity contribution is 5.66. The maximum absolute atomic E-state index is 11.9. The van der Waals surface area contributed by atoms with E-state index in [9.17, 15) is 14.7 Å². The average molecular weight is 451 g/mol. The molecule has 3 saturated carbocycles. The van der Waals surface area contributed by atoms with Gasteiger partial charge in [0.1, 0.15) is 6.10 Å². The first-order valence-electron chi connectivity index (χ1n) is 13.1. The standard InChI is InChI=1S/C27H46O5/c1-6-7-8-14-27(30)17-21-22(25(4,18-27)13-9-16-31-19(2)28)12-15-26(5)23(21)10-11-24(26)32-20(3)29/h21-24,30H,6-18H2,1-5H3. The number of hydrogen-bond acceptors (Lipinski definition) is 5. The first-order valence-corrected chi connectivity index (χ1v) is 13.1. The van der Waals surface area contributed by atoms with E-state index in [-0.39, 0.29) is 28.9 Å². The number of unbranched alkanes of at least 4 members (excludes halogenated alkanes) is 2. The van der Waals surface area contributed by atoms with Crippen molar-refractivity contribution in [2.75, 3.05) is 6.61 Å². The van der Waals surface area contributed by atoms with E-state index in [1.165, 1.54) is 13.8 Å². The summed E-state index contributed by atoms with van der Waals surface area (Å²) >= 11 is 0. The third-order valence-corrected chi connectivity index (χ3v) is 9.35. The Hall–Kier alpha value is -1.10. The van der Waals surface area contributed by atoms with Crippen LogP contribution in [-0.2, 0) is 19.1 Å². The van der Waals surface area contributed by atoms with E-state index >= 15 is 0 Å². The van der Waals surface area contributed by atoms with Gasteiger partial charge in [0.25, 0.3) is 0 Å². The minimum absolute atomic E-state index is 0.0104. The molecule has 0 spiro atoms. The first-order chi connectivity index (χ1) is 15.0. The zero-order valence-corrected chi connectivity index (χ0v) is 21.1. The van der Waals surface area contributed by atoms with Crippen LogP contribution >= 0.6 is 0 Å². The Morgan fingerprint density at radius 2 is 1.72 bits per heavy atom. The molecule has 0 saturated heterocycles. The van der Waals surface area contributed by atoms with Gasteiger partial charge in [-0.15, -0.1) is 0 Å². The van der Waals surface area contributed by atoms with Gasteiger partial charge in [0.2, 0.25) is 0 Å². The van der Waals surface area contributed by atoms with Crippen molar-refractivity contribution in [3.8, 4) is 0 Å². The highest BCUT2D eigenvalue weighted by atomic mass is 16.5. The molecule has 184 valence electrons. The Labute approximate surface area is 195 Å². The molecule has 0 aromatic rings. The van der Waals surface area contributed by atoms with Gasteiger partial charge in [-0.2, -0.15) is 0 Å². The normalized spacial score (nSPS) is 40.9. The number of ether oxygens (including phenoxy) is 2. The van der Waals surface area contributed by atoms with Gasteiger partial charge in [0.15, 0.2) is 0 Å². The molecule has 0 amide bonds. The van der Waals surface area contributed by atoms with Crippen LogP contribution in [-0.4, -0.2) is 35.4 Å². The molecular formula is C27H46O5. The number of hydrogen-bond donors (Lipinski definition) is 1. The molecule has 7 unspecified atom stereocenters. The van der Waals surface area contributed by atoms with Crippen molar-refractivity contribution in [3.05, 3.63) is 0 Å². The van der Waals surface area contributed by atoms with Crippen LogP contribution in [0.5, 0.6) is 0 Å². The number of carbonyl (C=O) groups excluding carboxylic acids is 2. The molecule has 0 heterocycles. The summed E-state index contributed by atoms with van der Waals surface area (Å²) in [4.78, 5) is 23.0. The number of esters is 2. The van der Waals surface area contributed by atoms with Crippen LogP contribution in [0.15, 0.2) is 0 Å². The van der Waals surface area contributed by atoms with Gasteiger partial charge < -0.3 is 14.6 Å². The smallest absolute Gasteiger partial charge is 0.302 e. The lowest BCUT2D eigenvalue weighted by molar-refractivity contribution is -0.173. The predicted octanol–water partition coefficient (Wildman–Crippen LogP) is 5.82. The Balaban J connectivity index is 1.82. The monoisotopic (exact) mass is 450 g/mol. The minimum atomic E-state index is -0.621. The molecule has 5 heteroatoms. The van der Waals surface area contributed by atoms with Gasteiger partial charge in [0.05, 0.1) is 12.2 Å². The lowest BCUT2D eigenvalue weighted by Gasteiger charge is -2.60. The van der Waals surface area contributed by atoms with Crippen LogP contribution in [0.2, 0.25) is 0 Å². The van der Waals surface area contributed by atoms with Crippen LogP contribution in [0.3, 0.4) is 0 Å². The second-order valence-corrected chi connectivity index (χ2v) is 11.8. The maximum atomic E-state index is 11.9. The van der Waals surface area contributed by atoms with Crippen molar-refractivity contribution in [2.24, 2.45) is 28.6 Å². The summed E-state index contributed by atoms with van der Waals surface area (Å²) in [6.07, 6.45) is 12.1. The van der Waals surface area contributed by atoms with Gasteiger partial charge >= 0.3 is 11.9 Å². The quantitative estimate of drug-likeness (QED) is 0.354. The summed E-state index contributed by atoms with van der Waals surface area (Å²) in [5, 5.41) is 11.9. The topological polar surface area (TPSA) is 72.8 Å². The van der Waals surface area contributed by atoms with Crippen molar-refractivity contribution >= 4 is 11.9 Å². The molecule has 0 radical (unpaired) electrons. The number of fused-ring (bicyclic) bond motifs is 3. The van der Waals surface area contributed by atoms with E-state index in [1.54, 1.807) is 0 Å². The molecule has 0 aromatic heterocycles. The molecule has 3 rings (SSSR count). The number of aliphatic hydroxyl groups is 1. The molecule has 0 aliphatic heterocycles. The third kappa shape index (κ3) is 5.34. The van der Waals surface area contributed by atoms with E-state index in [1.807, 2.05) is 0 Å². The highest BCUT2D eigenvalue weighted by Gasteiger charge is 2.61. The molecule has 3 fully saturated rings. The fourth-order valence-corrected chi connectivity index (χ4v) is 8.04. The molecule has 0 bridgehead atoms. The first kappa shape index (κ1) is 25.5. The fourth-order valence-electron chi connectivity index (χ4n) is 8.04. The van der Waals surface area contributed by atoms with Crippen molar-refractivity contribution < 1.29 is 24.2 Å². The van der Waals surface area contributed by atoms with Crippen LogP contribution in [0, 0.1) is 28.6 Å². The summed E-state index contributed by atoms with van der Waals surface area (Å²) in [5.74, 6) is 1.14. The maximum Gasteiger partial charge on any atom is 0.302 e. The molecule has 1 N–H and O–H groups in total. The van der Waals surface area contributed by atoms with Gasteiger partial charge in [-0.25, -0.2) is 0 Å². The average Bonchev–Trinajstić information content (AvgIpc) is 3.01. The lowest BCUT2D eigenvalue weighted by atomic mass is 9.46. The van der Waals surface area contributed by atoms with Crippen LogP contribution in [0.1, 0.15) is 112 Å². The minimum Gasteiger partial charge on any atom is -0.466 e. The zero-order chi connectivity index (χ0) is 23.6. The third-order valence-electron chi connectivity index (χ3n) is 9.35. The van der Waals surface area contributed by atoms with Crippen molar-refractivity contribution in [1.29, 1.82) is 0 Å². The fraction of sp³-hybridized carbons (Fsp3) is 0.926. The van der Waals surface area contributed by atoms with Crippen molar-refractivity contribution in [1.82, 2.24) is 0 Å². The lowest BCUT2D eigenvalue weighted by Crippen LogP contribution is -2.56. The second-order valence-electron chi connectivity index (χ2n) is 11.8. The summed E-state index contributed by atoms with van der Waals surface area (Å²) in [6, 6.07) is 0. The SMILES string of the molecule is CCCCCC1(O)CC2C(CCC3(C)C(OC(C)=O)CCC23)C(C)(CCCOC(C)=O)C1.